The number of para-hydroxylation sites is 2. The van der Waals surface area contributed by atoms with Crippen LogP contribution in [0.15, 0.2) is 29.3 Å². The van der Waals surface area contributed by atoms with Crippen LogP contribution in [-0.4, -0.2) is 60.2 Å². The predicted molar refractivity (Wildman–Crippen MR) is 133 cm³/mol. The van der Waals surface area contributed by atoms with Crippen molar-refractivity contribution in [2.24, 2.45) is 10.9 Å². The maximum absolute atomic E-state index is 4.77. The van der Waals surface area contributed by atoms with E-state index < -0.39 is 0 Å². The van der Waals surface area contributed by atoms with Crippen LogP contribution in [-0.2, 0) is 6.54 Å². The van der Waals surface area contributed by atoms with E-state index in [0.29, 0.717) is 0 Å². The minimum atomic E-state index is 0. The number of nitrogens with zero attached hydrogens (tertiary/aromatic N) is 4. The first-order valence-electron chi connectivity index (χ1n) is 10.8. The summed E-state index contributed by atoms with van der Waals surface area (Å²) in [6.07, 6.45) is 4.89. The summed E-state index contributed by atoms with van der Waals surface area (Å²) in [6, 6.07) is 8.35. The molecule has 162 valence electrons. The second-order valence-corrected chi connectivity index (χ2v) is 7.88. The van der Waals surface area contributed by atoms with Gasteiger partial charge in [0.15, 0.2) is 5.96 Å². The number of piperidine rings is 1. The lowest BCUT2D eigenvalue weighted by Gasteiger charge is -2.29. The molecule has 1 saturated heterocycles. The smallest absolute Gasteiger partial charge is 0.191 e. The highest BCUT2D eigenvalue weighted by Crippen LogP contribution is 2.18. The summed E-state index contributed by atoms with van der Waals surface area (Å²) in [5.41, 5.74) is 2.29. The van der Waals surface area contributed by atoms with E-state index in [4.69, 9.17) is 4.99 Å². The van der Waals surface area contributed by atoms with Crippen molar-refractivity contribution in [1.29, 1.82) is 0 Å². The summed E-state index contributed by atoms with van der Waals surface area (Å²) >= 11 is 0. The molecule has 1 aliphatic heterocycles. The van der Waals surface area contributed by atoms with E-state index in [-0.39, 0.29) is 24.0 Å². The average Bonchev–Trinajstić information content (AvgIpc) is 3.02. The number of nitrogens with one attached hydrogen (secondary N) is 2. The number of imidazole rings is 1. The third kappa shape index (κ3) is 7.13. The van der Waals surface area contributed by atoms with Crippen LogP contribution in [0, 0.1) is 12.8 Å². The van der Waals surface area contributed by atoms with Crippen molar-refractivity contribution in [3.05, 3.63) is 30.1 Å². The normalized spacial score (nSPS) is 16.0. The van der Waals surface area contributed by atoms with Gasteiger partial charge in [-0.25, -0.2) is 4.98 Å². The Morgan fingerprint density at radius 1 is 1.21 bits per heavy atom. The molecule has 6 nitrogen and oxygen atoms in total. The van der Waals surface area contributed by atoms with Gasteiger partial charge in [-0.1, -0.05) is 12.1 Å². The molecule has 7 heteroatoms. The molecular formula is C22H37IN6. The van der Waals surface area contributed by atoms with E-state index in [1.807, 2.05) is 6.07 Å². The quantitative estimate of drug-likeness (QED) is 0.246. The third-order valence-electron chi connectivity index (χ3n) is 5.68. The van der Waals surface area contributed by atoms with Crippen molar-refractivity contribution in [3.63, 3.8) is 0 Å². The Morgan fingerprint density at radius 2 is 1.97 bits per heavy atom. The lowest BCUT2D eigenvalue weighted by molar-refractivity contribution is 0.213. The summed E-state index contributed by atoms with van der Waals surface area (Å²) in [4.78, 5) is 11.8. The first kappa shape index (κ1) is 23.9. The van der Waals surface area contributed by atoms with E-state index in [9.17, 15) is 0 Å². The number of aromatic nitrogens is 2. The van der Waals surface area contributed by atoms with E-state index in [2.05, 4.69) is 64.2 Å². The molecule has 0 atom stereocenters. The van der Waals surface area contributed by atoms with Gasteiger partial charge in [-0.3, -0.25) is 4.99 Å². The Kier molecular flexibility index (Phi) is 10.2. The number of fused-ring (bicyclic) bond motifs is 1. The van der Waals surface area contributed by atoms with Crippen LogP contribution in [0.5, 0.6) is 0 Å². The first-order valence-corrected chi connectivity index (χ1v) is 10.8. The van der Waals surface area contributed by atoms with E-state index in [1.54, 1.807) is 0 Å². The molecule has 0 bridgehead atoms. The molecular weight excluding hydrogens is 475 g/mol. The second kappa shape index (κ2) is 12.4. The number of guanidine groups is 1. The van der Waals surface area contributed by atoms with Crippen LogP contribution in [0.2, 0.25) is 0 Å². The van der Waals surface area contributed by atoms with Crippen LogP contribution >= 0.6 is 24.0 Å². The van der Waals surface area contributed by atoms with Crippen LogP contribution in [0.3, 0.4) is 0 Å². The molecule has 1 aromatic carbocycles. The SMILES string of the molecule is CCNC(=NCCCn1c(C)nc2ccccc21)NCCC1CCN(C)CC1.I. The molecule has 0 saturated carbocycles. The highest BCUT2D eigenvalue weighted by molar-refractivity contribution is 14.0. The lowest BCUT2D eigenvalue weighted by Crippen LogP contribution is -2.39. The Labute approximate surface area is 192 Å². The van der Waals surface area contributed by atoms with E-state index in [0.717, 1.165) is 55.8 Å². The fourth-order valence-electron chi connectivity index (χ4n) is 3.99. The number of aryl methyl sites for hydroxylation is 2. The molecule has 0 radical (unpaired) electrons. The summed E-state index contributed by atoms with van der Waals surface area (Å²) in [5, 5.41) is 6.89. The molecule has 1 fully saturated rings. The highest BCUT2D eigenvalue weighted by atomic mass is 127. The topological polar surface area (TPSA) is 57.5 Å². The Hall–Kier alpha value is -1.35. The van der Waals surface area contributed by atoms with Gasteiger partial charge in [-0.05, 0) is 77.7 Å². The summed E-state index contributed by atoms with van der Waals surface area (Å²) < 4.78 is 2.30. The molecule has 3 rings (SSSR count). The standard InChI is InChI=1S/C22H36N6.HI/c1-4-23-22(25-14-10-19-11-16-27(3)17-12-19)24-13-7-15-28-18(2)26-20-8-5-6-9-21(20)28;/h5-6,8-9,19H,4,7,10-17H2,1-3H3,(H2,23,24,25);1H. The van der Waals surface area contributed by atoms with Gasteiger partial charge in [0.1, 0.15) is 5.82 Å². The van der Waals surface area contributed by atoms with E-state index in [1.165, 1.54) is 37.9 Å². The zero-order chi connectivity index (χ0) is 19.8. The number of benzene rings is 1. The number of rotatable bonds is 8. The molecule has 1 aliphatic rings. The number of hydrogen-bond acceptors (Lipinski definition) is 3. The minimum absolute atomic E-state index is 0. The van der Waals surface area contributed by atoms with Crippen LogP contribution in [0.4, 0.5) is 0 Å². The summed E-state index contributed by atoms with van der Waals surface area (Å²) in [7, 11) is 2.22. The largest absolute Gasteiger partial charge is 0.357 e. The van der Waals surface area contributed by atoms with Crippen molar-refractivity contribution < 1.29 is 0 Å². The molecule has 2 heterocycles. The maximum atomic E-state index is 4.77. The third-order valence-corrected chi connectivity index (χ3v) is 5.68. The highest BCUT2D eigenvalue weighted by Gasteiger charge is 2.16. The molecule has 0 spiro atoms. The summed E-state index contributed by atoms with van der Waals surface area (Å²) in [6.45, 7) is 10.3. The van der Waals surface area contributed by atoms with Gasteiger partial charge in [-0.2, -0.15) is 0 Å². The molecule has 0 amide bonds. The van der Waals surface area contributed by atoms with Gasteiger partial charge in [0, 0.05) is 26.2 Å². The zero-order valence-electron chi connectivity index (χ0n) is 18.2. The molecule has 2 aromatic rings. The first-order chi connectivity index (χ1) is 13.7. The Morgan fingerprint density at radius 3 is 2.72 bits per heavy atom. The molecule has 2 N–H and O–H groups in total. The van der Waals surface area contributed by atoms with Crippen LogP contribution in [0.25, 0.3) is 11.0 Å². The minimum Gasteiger partial charge on any atom is -0.357 e. The van der Waals surface area contributed by atoms with Crippen LogP contribution in [0.1, 0.15) is 38.4 Å². The van der Waals surface area contributed by atoms with Crippen molar-refractivity contribution in [3.8, 4) is 0 Å². The zero-order valence-corrected chi connectivity index (χ0v) is 20.5. The number of hydrogen-bond donors (Lipinski definition) is 2. The molecule has 0 unspecified atom stereocenters. The van der Waals surface area contributed by atoms with Gasteiger partial charge in [0.25, 0.3) is 0 Å². The fourth-order valence-corrected chi connectivity index (χ4v) is 3.99. The van der Waals surface area contributed by atoms with Crippen molar-refractivity contribution in [2.45, 2.75) is 46.1 Å². The summed E-state index contributed by atoms with van der Waals surface area (Å²) in [5.74, 6) is 2.88. The average molecular weight is 512 g/mol. The van der Waals surface area contributed by atoms with Gasteiger partial charge < -0.3 is 20.1 Å². The predicted octanol–water partition coefficient (Wildman–Crippen LogP) is 3.64. The van der Waals surface area contributed by atoms with E-state index >= 15 is 0 Å². The molecule has 29 heavy (non-hydrogen) atoms. The lowest BCUT2D eigenvalue weighted by atomic mass is 9.94. The molecule has 0 aliphatic carbocycles. The maximum Gasteiger partial charge on any atom is 0.191 e. The Bertz CT molecular complexity index is 764. The number of aliphatic imine (C=N–C) groups is 1. The Balaban J connectivity index is 0.00000300. The fraction of sp³-hybridized carbons (Fsp3) is 0.636. The number of likely N-dealkylation sites (tertiary alicyclic amines) is 1. The van der Waals surface area contributed by atoms with Crippen LogP contribution < -0.4 is 10.6 Å². The van der Waals surface area contributed by atoms with Gasteiger partial charge >= 0.3 is 0 Å². The van der Waals surface area contributed by atoms with Gasteiger partial charge in [0.2, 0.25) is 0 Å². The van der Waals surface area contributed by atoms with Crippen molar-refractivity contribution >= 4 is 41.0 Å². The number of halogens is 1. The monoisotopic (exact) mass is 512 g/mol. The second-order valence-electron chi connectivity index (χ2n) is 7.88. The van der Waals surface area contributed by atoms with Gasteiger partial charge in [0.05, 0.1) is 11.0 Å². The van der Waals surface area contributed by atoms with Crippen molar-refractivity contribution in [2.75, 3.05) is 39.8 Å². The van der Waals surface area contributed by atoms with Gasteiger partial charge in [-0.15, -0.1) is 24.0 Å². The van der Waals surface area contributed by atoms with Crippen molar-refractivity contribution in [1.82, 2.24) is 25.1 Å². The molecule has 1 aromatic heterocycles.